The Kier molecular flexibility index (Phi) is 6.35. The number of methoxy groups -OCH3 is 1. The normalized spacial score (nSPS) is 11.1. The Morgan fingerprint density at radius 2 is 1.89 bits per heavy atom. The minimum absolute atomic E-state index is 0.0213. The van der Waals surface area contributed by atoms with Crippen LogP contribution in [0.1, 0.15) is 15.9 Å². The first-order valence-electron chi connectivity index (χ1n) is 7.61. The van der Waals surface area contributed by atoms with E-state index in [9.17, 15) is 28.1 Å². The molecule has 0 unspecified atom stereocenters. The number of para-hydroxylation sites is 1. The average molecular weight is 384 g/mol. The van der Waals surface area contributed by atoms with Crippen LogP contribution in [0.4, 0.5) is 24.5 Å². The van der Waals surface area contributed by atoms with E-state index in [1.54, 1.807) is 0 Å². The molecule has 10 heteroatoms. The number of carbonyl (C=O) groups is 1. The van der Waals surface area contributed by atoms with Crippen LogP contribution in [0.2, 0.25) is 0 Å². The smallest absolute Gasteiger partial charge is 0.416 e. The van der Waals surface area contributed by atoms with Crippen molar-refractivity contribution in [2.45, 2.75) is 6.18 Å². The number of nitrogens with zero attached hydrogens (tertiary/aromatic N) is 1. The molecule has 1 N–H and O–H groups in total. The second-order valence-corrected chi connectivity index (χ2v) is 5.28. The monoisotopic (exact) mass is 384 g/mol. The number of carbonyl (C=O) groups excluding carboxylic acids is 1. The molecule has 0 radical (unpaired) electrons. The fourth-order valence-corrected chi connectivity index (χ4v) is 2.18. The van der Waals surface area contributed by atoms with Crippen LogP contribution in [-0.4, -0.2) is 31.2 Å². The molecule has 27 heavy (non-hydrogen) atoms. The number of amides is 1. The van der Waals surface area contributed by atoms with E-state index in [4.69, 9.17) is 9.47 Å². The van der Waals surface area contributed by atoms with E-state index >= 15 is 0 Å². The predicted molar refractivity (Wildman–Crippen MR) is 89.9 cm³/mol. The van der Waals surface area contributed by atoms with Crippen LogP contribution in [-0.2, 0) is 10.9 Å². The van der Waals surface area contributed by atoms with Gasteiger partial charge in [0.1, 0.15) is 17.9 Å². The molecular formula is C17H15F3N2O5. The highest BCUT2D eigenvalue weighted by Crippen LogP contribution is 2.35. The third-order valence-corrected chi connectivity index (χ3v) is 3.45. The van der Waals surface area contributed by atoms with Gasteiger partial charge < -0.3 is 14.8 Å². The lowest BCUT2D eigenvalue weighted by Gasteiger charge is -2.15. The first-order valence-corrected chi connectivity index (χ1v) is 7.61. The zero-order valence-electron chi connectivity index (χ0n) is 14.1. The van der Waals surface area contributed by atoms with Crippen molar-refractivity contribution >= 4 is 17.3 Å². The molecule has 1 amide bonds. The predicted octanol–water partition coefficient (Wildman–Crippen LogP) is 3.89. The van der Waals surface area contributed by atoms with Crippen molar-refractivity contribution < 1.29 is 32.4 Å². The zero-order chi connectivity index (χ0) is 20.0. The van der Waals surface area contributed by atoms with Gasteiger partial charge in [-0.15, -0.1) is 0 Å². The number of ether oxygens (including phenoxy) is 2. The second kappa shape index (κ2) is 8.49. The highest BCUT2D eigenvalue weighted by Gasteiger charge is 2.31. The summed E-state index contributed by atoms with van der Waals surface area (Å²) in [7, 11) is 1.42. The molecule has 0 aliphatic heterocycles. The summed E-state index contributed by atoms with van der Waals surface area (Å²) < 4.78 is 49.0. The summed E-state index contributed by atoms with van der Waals surface area (Å²) in [5.74, 6) is -0.954. The van der Waals surface area contributed by atoms with E-state index in [0.29, 0.717) is 6.07 Å². The van der Waals surface area contributed by atoms with E-state index in [0.717, 1.165) is 18.2 Å². The van der Waals surface area contributed by atoms with Gasteiger partial charge in [-0.05, 0) is 24.3 Å². The molecule has 0 saturated carbocycles. The Bertz CT molecular complexity index is 840. The van der Waals surface area contributed by atoms with E-state index in [2.05, 4.69) is 5.32 Å². The maximum atomic E-state index is 13.0. The standard InChI is InChI=1S/C17H15F3N2O5/c1-26-8-9-27-15-7-6-11(17(18,19)20)10-13(15)21-16(23)12-4-2-3-5-14(12)22(24)25/h2-7,10H,8-9H2,1H3,(H,21,23). The summed E-state index contributed by atoms with van der Waals surface area (Å²) >= 11 is 0. The number of alkyl halides is 3. The number of hydrogen-bond acceptors (Lipinski definition) is 5. The number of benzene rings is 2. The quantitative estimate of drug-likeness (QED) is 0.444. The highest BCUT2D eigenvalue weighted by atomic mass is 19.4. The SMILES string of the molecule is COCCOc1ccc(C(F)(F)F)cc1NC(=O)c1ccccc1[N+](=O)[O-]. The van der Waals surface area contributed by atoms with Gasteiger partial charge >= 0.3 is 6.18 Å². The second-order valence-electron chi connectivity index (χ2n) is 5.28. The highest BCUT2D eigenvalue weighted by molar-refractivity contribution is 6.07. The molecule has 0 spiro atoms. The first-order chi connectivity index (χ1) is 12.7. The number of halogens is 3. The van der Waals surface area contributed by atoms with Crippen molar-refractivity contribution in [1.82, 2.24) is 0 Å². The Balaban J connectivity index is 2.37. The fraction of sp³-hybridized carbons (Fsp3) is 0.235. The van der Waals surface area contributed by atoms with Crippen LogP contribution < -0.4 is 10.1 Å². The molecule has 0 fully saturated rings. The van der Waals surface area contributed by atoms with Crippen LogP contribution in [0.5, 0.6) is 5.75 Å². The fourth-order valence-electron chi connectivity index (χ4n) is 2.18. The van der Waals surface area contributed by atoms with Gasteiger partial charge in [-0.2, -0.15) is 13.2 Å². The van der Waals surface area contributed by atoms with Crippen LogP contribution in [0.25, 0.3) is 0 Å². The summed E-state index contributed by atoms with van der Waals surface area (Å²) in [6.07, 6.45) is -4.64. The molecule has 0 bridgehead atoms. The molecule has 0 aromatic heterocycles. The van der Waals surface area contributed by atoms with Gasteiger partial charge in [0.15, 0.2) is 0 Å². The molecule has 7 nitrogen and oxygen atoms in total. The lowest BCUT2D eigenvalue weighted by Crippen LogP contribution is -2.16. The van der Waals surface area contributed by atoms with Crippen molar-refractivity contribution in [3.63, 3.8) is 0 Å². The third-order valence-electron chi connectivity index (χ3n) is 3.45. The van der Waals surface area contributed by atoms with Gasteiger partial charge in [0.25, 0.3) is 11.6 Å². The summed E-state index contributed by atoms with van der Waals surface area (Å²) in [6.45, 7) is 0.217. The summed E-state index contributed by atoms with van der Waals surface area (Å²) in [5.41, 5.74) is -2.02. The maximum absolute atomic E-state index is 13.0. The summed E-state index contributed by atoms with van der Waals surface area (Å²) in [6, 6.07) is 7.68. The number of anilines is 1. The van der Waals surface area contributed by atoms with Crippen molar-refractivity contribution in [1.29, 1.82) is 0 Å². The number of nitrogens with one attached hydrogen (secondary N) is 1. The molecule has 2 rings (SSSR count). The van der Waals surface area contributed by atoms with Gasteiger partial charge in [0, 0.05) is 13.2 Å². The van der Waals surface area contributed by atoms with Gasteiger partial charge in [-0.25, -0.2) is 0 Å². The van der Waals surface area contributed by atoms with E-state index < -0.39 is 28.3 Å². The molecule has 2 aromatic rings. The third kappa shape index (κ3) is 5.17. The minimum atomic E-state index is -4.64. The molecule has 0 aliphatic carbocycles. The van der Waals surface area contributed by atoms with Crippen LogP contribution in [0.3, 0.4) is 0 Å². The number of hydrogen-bond donors (Lipinski definition) is 1. The molecule has 0 heterocycles. The average Bonchev–Trinajstić information content (AvgIpc) is 2.62. The zero-order valence-corrected chi connectivity index (χ0v) is 14.1. The minimum Gasteiger partial charge on any atom is -0.489 e. The van der Waals surface area contributed by atoms with Crippen LogP contribution in [0.15, 0.2) is 42.5 Å². The topological polar surface area (TPSA) is 90.7 Å². The molecule has 0 atom stereocenters. The van der Waals surface area contributed by atoms with Gasteiger partial charge in [0.2, 0.25) is 0 Å². The van der Waals surface area contributed by atoms with Gasteiger partial charge in [-0.1, -0.05) is 12.1 Å². The Morgan fingerprint density at radius 3 is 2.52 bits per heavy atom. The van der Waals surface area contributed by atoms with Gasteiger partial charge in [-0.3, -0.25) is 14.9 Å². The number of rotatable bonds is 7. The number of nitro groups is 1. The van der Waals surface area contributed by atoms with E-state index in [1.165, 1.54) is 25.3 Å². The molecular weight excluding hydrogens is 369 g/mol. The maximum Gasteiger partial charge on any atom is 0.416 e. The lowest BCUT2D eigenvalue weighted by atomic mass is 10.1. The molecule has 0 aliphatic rings. The number of nitro benzene ring substituents is 1. The van der Waals surface area contributed by atoms with Crippen molar-refractivity contribution in [3.8, 4) is 5.75 Å². The van der Waals surface area contributed by atoms with Crippen LogP contribution in [0, 0.1) is 10.1 Å². The van der Waals surface area contributed by atoms with Crippen molar-refractivity contribution in [3.05, 3.63) is 63.7 Å². The van der Waals surface area contributed by atoms with E-state index in [1.807, 2.05) is 0 Å². The van der Waals surface area contributed by atoms with Crippen molar-refractivity contribution in [2.24, 2.45) is 0 Å². The Morgan fingerprint density at radius 1 is 1.19 bits per heavy atom. The summed E-state index contributed by atoms with van der Waals surface area (Å²) in [4.78, 5) is 22.7. The molecule has 2 aromatic carbocycles. The van der Waals surface area contributed by atoms with Crippen LogP contribution >= 0.6 is 0 Å². The Hall–Kier alpha value is -3.14. The summed E-state index contributed by atoms with van der Waals surface area (Å²) in [5, 5.41) is 13.3. The van der Waals surface area contributed by atoms with E-state index in [-0.39, 0.29) is 30.2 Å². The largest absolute Gasteiger partial charge is 0.489 e. The molecule has 0 saturated heterocycles. The lowest BCUT2D eigenvalue weighted by molar-refractivity contribution is -0.385. The molecule has 144 valence electrons. The van der Waals surface area contributed by atoms with Gasteiger partial charge in [0.05, 0.1) is 22.8 Å². The van der Waals surface area contributed by atoms with Crippen molar-refractivity contribution in [2.75, 3.05) is 25.6 Å². The Labute approximate surface area is 151 Å². The first kappa shape index (κ1) is 20.2.